The Kier molecular flexibility index (Phi) is 5.20. The third kappa shape index (κ3) is 4.10. The molecule has 0 radical (unpaired) electrons. The van der Waals surface area contributed by atoms with E-state index >= 15 is 0 Å². The van der Waals surface area contributed by atoms with Crippen molar-refractivity contribution in [1.82, 2.24) is 0 Å². The van der Waals surface area contributed by atoms with Gasteiger partial charge in [0, 0.05) is 16.7 Å². The Morgan fingerprint density at radius 3 is 2.33 bits per heavy atom. The fraction of sp³-hybridized carbons (Fsp3) is 0.118. The van der Waals surface area contributed by atoms with E-state index in [1.54, 1.807) is 0 Å². The zero-order valence-electron chi connectivity index (χ0n) is 13.0. The van der Waals surface area contributed by atoms with Crippen LogP contribution in [0, 0.1) is 0 Å². The van der Waals surface area contributed by atoms with Crippen LogP contribution in [0.4, 0.5) is 13.2 Å². The van der Waals surface area contributed by atoms with Crippen molar-refractivity contribution >= 4 is 46.8 Å². The van der Waals surface area contributed by atoms with Crippen molar-refractivity contribution in [3.63, 3.8) is 0 Å². The minimum atomic E-state index is -4.91. The predicted molar refractivity (Wildman–Crippen MR) is 94.1 cm³/mol. The van der Waals surface area contributed by atoms with Gasteiger partial charge in [0.2, 0.25) is 6.10 Å². The normalized spacial score (nSPS) is 16.2. The molecule has 0 fully saturated rings. The summed E-state index contributed by atoms with van der Waals surface area (Å²) in [6.07, 6.45) is -6.66. The van der Waals surface area contributed by atoms with Gasteiger partial charge in [-0.2, -0.15) is 13.2 Å². The number of carboxylic acid groups (broad SMARTS) is 1. The van der Waals surface area contributed by atoms with Gasteiger partial charge in [-0.3, -0.25) is 0 Å². The number of halogens is 6. The molecule has 0 bridgehead atoms. The summed E-state index contributed by atoms with van der Waals surface area (Å²) in [5.74, 6) is -1.82. The van der Waals surface area contributed by atoms with Gasteiger partial charge < -0.3 is 14.6 Å². The first kappa shape index (κ1) is 19.7. The monoisotopic (exact) mass is 438 g/mol. The summed E-state index contributed by atoms with van der Waals surface area (Å²) in [6, 6.07) is 6.76. The van der Waals surface area contributed by atoms with E-state index in [2.05, 4.69) is 0 Å². The Bertz CT molecular complexity index is 957. The van der Waals surface area contributed by atoms with E-state index in [1.165, 1.54) is 24.3 Å². The summed E-state index contributed by atoms with van der Waals surface area (Å²) in [7, 11) is 0. The summed E-state index contributed by atoms with van der Waals surface area (Å²) >= 11 is 17.9. The summed E-state index contributed by atoms with van der Waals surface area (Å²) in [5.41, 5.74) is -0.868. The topological polar surface area (TPSA) is 55.8 Å². The van der Waals surface area contributed by atoms with E-state index in [0.717, 1.165) is 12.1 Å². The number of carboxylic acids is 1. The number of rotatable bonds is 3. The highest BCUT2D eigenvalue weighted by Crippen LogP contribution is 2.43. The molecule has 3 rings (SSSR count). The minimum Gasteiger partial charge on any atom is -0.478 e. The van der Waals surface area contributed by atoms with Crippen molar-refractivity contribution in [3.05, 3.63) is 56.5 Å². The van der Waals surface area contributed by atoms with Crippen LogP contribution < -0.4 is 9.47 Å². The van der Waals surface area contributed by atoms with Crippen molar-refractivity contribution < 1.29 is 32.5 Å². The average Bonchev–Trinajstić information content (AvgIpc) is 2.55. The number of benzene rings is 2. The molecule has 27 heavy (non-hydrogen) atoms. The van der Waals surface area contributed by atoms with Crippen LogP contribution in [0.1, 0.15) is 5.56 Å². The molecule has 0 amide bonds. The van der Waals surface area contributed by atoms with Crippen LogP contribution in [0.5, 0.6) is 17.2 Å². The van der Waals surface area contributed by atoms with Gasteiger partial charge in [-0.15, -0.1) is 0 Å². The zero-order valence-corrected chi connectivity index (χ0v) is 15.2. The number of carbonyl (C=O) groups is 1. The first-order valence-electron chi connectivity index (χ1n) is 7.21. The first-order chi connectivity index (χ1) is 12.6. The van der Waals surface area contributed by atoms with E-state index in [4.69, 9.17) is 49.4 Å². The van der Waals surface area contributed by atoms with Gasteiger partial charge in [-0.1, -0.05) is 34.8 Å². The van der Waals surface area contributed by atoms with Gasteiger partial charge in [-0.05, 0) is 30.3 Å². The lowest BCUT2D eigenvalue weighted by atomic mass is 10.0. The van der Waals surface area contributed by atoms with E-state index in [9.17, 15) is 18.0 Å². The number of hydrogen-bond acceptors (Lipinski definition) is 3. The van der Waals surface area contributed by atoms with Crippen LogP contribution in [0.3, 0.4) is 0 Å². The molecule has 0 saturated heterocycles. The lowest BCUT2D eigenvalue weighted by molar-refractivity contribution is -0.187. The highest BCUT2D eigenvalue weighted by molar-refractivity contribution is 6.35. The minimum absolute atomic E-state index is 0.0206. The Morgan fingerprint density at radius 2 is 1.74 bits per heavy atom. The van der Waals surface area contributed by atoms with Gasteiger partial charge in [-0.25, -0.2) is 4.79 Å². The van der Waals surface area contributed by atoms with Crippen molar-refractivity contribution in [2.45, 2.75) is 12.3 Å². The molecular weight excluding hydrogens is 432 g/mol. The number of alkyl halides is 3. The second kappa shape index (κ2) is 7.14. The van der Waals surface area contributed by atoms with E-state index in [1.807, 2.05) is 0 Å². The summed E-state index contributed by atoms with van der Waals surface area (Å²) < 4.78 is 49.9. The molecule has 2 aromatic carbocycles. The Hall–Kier alpha value is -2.09. The van der Waals surface area contributed by atoms with E-state index in [0.29, 0.717) is 5.02 Å². The molecule has 142 valence electrons. The molecule has 1 N–H and O–H groups in total. The first-order valence-corrected chi connectivity index (χ1v) is 8.34. The predicted octanol–water partition coefficient (Wildman–Crippen LogP) is 6.23. The van der Waals surface area contributed by atoms with Gasteiger partial charge in [0.1, 0.15) is 17.2 Å². The molecule has 1 aliphatic heterocycles. The maximum Gasteiger partial charge on any atom is 0.430 e. The van der Waals surface area contributed by atoms with Crippen LogP contribution in [-0.4, -0.2) is 23.4 Å². The lowest BCUT2D eigenvalue weighted by Gasteiger charge is -2.27. The van der Waals surface area contributed by atoms with Crippen molar-refractivity contribution in [2.75, 3.05) is 0 Å². The van der Waals surface area contributed by atoms with Crippen LogP contribution in [0.25, 0.3) is 6.08 Å². The lowest BCUT2D eigenvalue weighted by Crippen LogP contribution is -2.40. The van der Waals surface area contributed by atoms with E-state index < -0.39 is 23.8 Å². The third-order valence-electron chi connectivity index (χ3n) is 3.56. The van der Waals surface area contributed by atoms with Crippen LogP contribution in [0.2, 0.25) is 15.1 Å². The van der Waals surface area contributed by atoms with Crippen LogP contribution >= 0.6 is 34.8 Å². The van der Waals surface area contributed by atoms with Crippen molar-refractivity contribution in [2.24, 2.45) is 0 Å². The molecule has 0 spiro atoms. The molecular formula is C17H8Cl3F3O4. The Balaban J connectivity index is 2.02. The van der Waals surface area contributed by atoms with Gasteiger partial charge in [0.25, 0.3) is 0 Å². The molecule has 1 heterocycles. The number of hydrogen-bond donors (Lipinski definition) is 1. The maximum absolute atomic E-state index is 13.1. The number of fused-ring (bicyclic) bond motifs is 1. The van der Waals surface area contributed by atoms with Gasteiger partial charge in [0.05, 0.1) is 15.6 Å². The molecule has 1 unspecified atom stereocenters. The molecule has 0 saturated carbocycles. The molecule has 10 heteroatoms. The Labute approximate surface area is 165 Å². The molecule has 0 aromatic heterocycles. The largest absolute Gasteiger partial charge is 0.478 e. The highest BCUT2D eigenvalue weighted by atomic mass is 35.5. The standard InChI is InChI=1S/C17H8Cl3F3O4/c18-8-1-2-12(11(20)5-8)26-14-6-13-7(4-10(14)19)3-9(16(24)25)15(27-13)17(21,22)23/h1-6,15H,(H,24,25). The SMILES string of the molecule is O=C(O)C1=Cc2cc(Cl)c(Oc3ccc(Cl)cc3Cl)cc2OC1C(F)(F)F. The second-order valence-corrected chi connectivity index (χ2v) is 6.69. The summed E-state index contributed by atoms with van der Waals surface area (Å²) in [5, 5.41) is 9.59. The average molecular weight is 440 g/mol. The fourth-order valence-corrected chi connectivity index (χ4v) is 3.03. The smallest absolute Gasteiger partial charge is 0.430 e. The number of ether oxygens (including phenoxy) is 2. The van der Waals surface area contributed by atoms with Gasteiger partial charge in [0.15, 0.2) is 0 Å². The van der Waals surface area contributed by atoms with Crippen molar-refractivity contribution in [3.8, 4) is 17.2 Å². The highest BCUT2D eigenvalue weighted by Gasteiger charge is 2.48. The van der Waals surface area contributed by atoms with Crippen LogP contribution in [0.15, 0.2) is 35.9 Å². The van der Waals surface area contributed by atoms with Crippen LogP contribution in [-0.2, 0) is 4.79 Å². The van der Waals surface area contributed by atoms with E-state index in [-0.39, 0.29) is 32.9 Å². The molecule has 1 atom stereocenters. The molecule has 1 aliphatic rings. The fourth-order valence-electron chi connectivity index (χ4n) is 2.37. The summed E-state index contributed by atoms with van der Waals surface area (Å²) in [4.78, 5) is 11.1. The third-order valence-corrected chi connectivity index (χ3v) is 4.39. The quantitative estimate of drug-likeness (QED) is 0.616. The van der Waals surface area contributed by atoms with Crippen molar-refractivity contribution in [1.29, 1.82) is 0 Å². The summed E-state index contributed by atoms with van der Waals surface area (Å²) in [6.45, 7) is 0. The second-order valence-electron chi connectivity index (χ2n) is 5.44. The molecule has 4 nitrogen and oxygen atoms in total. The molecule has 0 aliphatic carbocycles. The maximum atomic E-state index is 13.1. The van der Waals surface area contributed by atoms with Gasteiger partial charge >= 0.3 is 12.1 Å². The molecule has 2 aromatic rings. The zero-order chi connectivity index (χ0) is 19.9. The number of aliphatic carboxylic acids is 1. The Morgan fingerprint density at radius 1 is 1.07 bits per heavy atom.